The van der Waals surface area contributed by atoms with Crippen molar-refractivity contribution in [3.05, 3.63) is 80.6 Å². The quantitative estimate of drug-likeness (QED) is 0.467. The van der Waals surface area contributed by atoms with Crippen molar-refractivity contribution in [1.29, 1.82) is 0 Å². The maximum atomic E-state index is 13.0. The number of hydrogen-bond acceptors (Lipinski definition) is 4. The lowest BCUT2D eigenvalue weighted by molar-refractivity contribution is -0.400. The van der Waals surface area contributed by atoms with Gasteiger partial charge in [-0.2, -0.15) is 0 Å². The number of hydrogen-bond donors (Lipinski definition) is 0. The van der Waals surface area contributed by atoms with E-state index in [9.17, 15) is 18.5 Å². The Hall–Kier alpha value is -2.45. The van der Waals surface area contributed by atoms with Crippen molar-refractivity contribution >= 4 is 42.9 Å². The van der Waals surface area contributed by atoms with E-state index in [0.29, 0.717) is 20.9 Å². The monoisotopic (exact) mass is 420 g/mol. The van der Waals surface area contributed by atoms with Gasteiger partial charge in [0.1, 0.15) is 0 Å². The Morgan fingerprint density at radius 2 is 1.84 bits per heavy atom. The highest BCUT2D eigenvalue weighted by atomic mass is 79.9. The molecule has 25 heavy (non-hydrogen) atoms. The largest absolute Gasteiger partial charge is 0.268 e. The molecule has 1 heterocycles. The molecule has 128 valence electrons. The first kappa shape index (κ1) is 17.4. The molecule has 0 bridgehead atoms. The predicted octanol–water partition coefficient (Wildman–Crippen LogP) is 4.20. The summed E-state index contributed by atoms with van der Waals surface area (Å²) in [6, 6.07) is 11.7. The zero-order valence-electron chi connectivity index (χ0n) is 13.1. The molecule has 3 aromatic rings. The zero-order valence-corrected chi connectivity index (χ0v) is 15.5. The second-order valence-corrected chi connectivity index (χ2v) is 8.19. The lowest BCUT2D eigenvalue weighted by Gasteiger charge is -2.08. The number of nitrogens with zero attached hydrogens (tertiary/aromatic N) is 2. The standard InChI is InChI=1S/C17H13BrN2O4S/c1-12-2-5-15(6-3-12)25(23,24)19-11-13(8-9-20(21)22)16-7-4-14(18)10-17(16)19/h2-11H,1H3/b9-8+. The summed E-state index contributed by atoms with van der Waals surface area (Å²) in [5.74, 6) is 0. The molecule has 0 radical (unpaired) electrons. The molecule has 0 aliphatic heterocycles. The summed E-state index contributed by atoms with van der Waals surface area (Å²) in [6.07, 6.45) is 3.48. The van der Waals surface area contributed by atoms with Crippen molar-refractivity contribution in [3.63, 3.8) is 0 Å². The van der Waals surface area contributed by atoms with Gasteiger partial charge in [0.15, 0.2) is 0 Å². The Bertz CT molecular complexity index is 1100. The highest BCUT2D eigenvalue weighted by Gasteiger charge is 2.21. The average molecular weight is 421 g/mol. The first-order valence-electron chi connectivity index (χ1n) is 7.23. The molecule has 2 aromatic carbocycles. The highest BCUT2D eigenvalue weighted by molar-refractivity contribution is 9.10. The summed E-state index contributed by atoms with van der Waals surface area (Å²) < 4.78 is 27.9. The van der Waals surface area contributed by atoms with Crippen LogP contribution in [-0.2, 0) is 10.0 Å². The second-order valence-electron chi connectivity index (χ2n) is 5.46. The minimum absolute atomic E-state index is 0.153. The first-order valence-corrected chi connectivity index (χ1v) is 9.47. The molecule has 6 nitrogen and oxygen atoms in total. The lowest BCUT2D eigenvalue weighted by Crippen LogP contribution is -2.11. The SMILES string of the molecule is Cc1ccc(S(=O)(=O)n2cc(/C=C/[N+](=O)[O-])c3ccc(Br)cc32)cc1. The van der Waals surface area contributed by atoms with Crippen LogP contribution >= 0.6 is 15.9 Å². The number of aromatic nitrogens is 1. The van der Waals surface area contributed by atoms with Crippen LogP contribution in [0.3, 0.4) is 0 Å². The third-order valence-corrected chi connectivity index (χ3v) is 5.90. The number of rotatable bonds is 4. The molecule has 0 amide bonds. The van der Waals surface area contributed by atoms with Gasteiger partial charge in [-0.3, -0.25) is 10.1 Å². The van der Waals surface area contributed by atoms with Gasteiger partial charge < -0.3 is 0 Å². The third kappa shape index (κ3) is 3.35. The number of benzene rings is 2. The van der Waals surface area contributed by atoms with Crippen molar-refractivity contribution in [2.24, 2.45) is 0 Å². The lowest BCUT2D eigenvalue weighted by atomic mass is 10.2. The maximum Gasteiger partial charge on any atom is 0.268 e. The topological polar surface area (TPSA) is 82.2 Å². The van der Waals surface area contributed by atoms with Crippen LogP contribution in [0.15, 0.2) is 64.2 Å². The fourth-order valence-electron chi connectivity index (χ4n) is 2.49. The van der Waals surface area contributed by atoms with Crippen molar-refractivity contribution in [2.75, 3.05) is 0 Å². The van der Waals surface area contributed by atoms with E-state index in [1.54, 1.807) is 42.5 Å². The molecule has 0 aliphatic rings. The smallest absolute Gasteiger partial charge is 0.259 e. The molecular formula is C17H13BrN2O4S. The van der Waals surface area contributed by atoms with Gasteiger partial charge in [-0.15, -0.1) is 0 Å². The highest BCUT2D eigenvalue weighted by Crippen LogP contribution is 2.29. The van der Waals surface area contributed by atoms with Gasteiger partial charge in [0.25, 0.3) is 10.0 Å². The Balaban J connectivity index is 2.26. The van der Waals surface area contributed by atoms with Crippen molar-refractivity contribution < 1.29 is 13.3 Å². The molecule has 0 saturated heterocycles. The van der Waals surface area contributed by atoms with Gasteiger partial charge in [-0.25, -0.2) is 12.4 Å². The minimum atomic E-state index is -3.82. The van der Waals surface area contributed by atoms with E-state index >= 15 is 0 Å². The molecule has 1 aromatic heterocycles. The van der Waals surface area contributed by atoms with Crippen LogP contribution in [0.2, 0.25) is 0 Å². The van der Waals surface area contributed by atoms with Crippen LogP contribution in [0.25, 0.3) is 17.0 Å². The predicted molar refractivity (Wildman–Crippen MR) is 99.4 cm³/mol. The van der Waals surface area contributed by atoms with Crippen molar-refractivity contribution in [1.82, 2.24) is 3.97 Å². The zero-order chi connectivity index (χ0) is 18.2. The van der Waals surface area contributed by atoms with Crippen LogP contribution < -0.4 is 0 Å². The van der Waals surface area contributed by atoms with Crippen LogP contribution in [-0.4, -0.2) is 17.3 Å². The van der Waals surface area contributed by atoms with E-state index in [2.05, 4.69) is 15.9 Å². The molecule has 0 unspecified atom stereocenters. The molecule has 0 N–H and O–H groups in total. The Morgan fingerprint density at radius 3 is 2.48 bits per heavy atom. The first-order chi connectivity index (χ1) is 11.8. The van der Waals surface area contributed by atoms with Crippen LogP contribution in [0.5, 0.6) is 0 Å². The third-order valence-electron chi connectivity index (χ3n) is 3.72. The molecule has 0 fully saturated rings. The maximum absolute atomic E-state index is 13.0. The summed E-state index contributed by atoms with van der Waals surface area (Å²) in [4.78, 5) is 10.2. The van der Waals surface area contributed by atoms with Crippen molar-refractivity contribution in [2.45, 2.75) is 11.8 Å². The van der Waals surface area contributed by atoms with E-state index in [0.717, 1.165) is 15.7 Å². The molecular weight excluding hydrogens is 408 g/mol. The number of halogens is 1. The molecule has 3 rings (SSSR count). The Labute approximate surface area is 152 Å². The van der Waals surface area contributed by atoms with Gasteiger partial charge in [-0.05, 0) is 31.2 Å². The van der Waals surface area contributed by atoms with Gasteiger partial charge >= 0.3 is 0 Å². The molecule has 0 aliphatic carbocycles. The van der Waals surface area contributed by atoms with Crippen LogP contribution in [0.4, 0.5) is 0 Å². The van der Waals surface area contributed by atoms with Gasteiger partial charge in [0, 0.05) is 27.7 Å². The average Bonchev–Trinajstić information content (AvgIpc) is 2.92. The van der Waals surface area contributed by atoms with Gasteiger partial charge in [-0.1, -0.05) is 39.7 Å². The normalized spacial score (nSPS) is 12.1. The molecule has 8 heteroatoms. The molecule has 0 atom stereocenters. The molecule has 0 saturated carbocycles. The number of fused-ring (bicyclic) bond motifs is 1. The van der Waals surface area contributed by atoms with E-state index in [1.807, 2.05) is 6.92 Å². The van der Waals surface area contributed by atoms with E-state index < -0.39 is 14.9 Å². The number of aryl methyl sites for hydroxylation is 1. The summed E-state index contributed by atoms with van der Waals surface area (Å²) in [6.45, 7) is 1.87. The number of nitro groups is 1. The Kier molecular flexibility index (Phi) is 4.49. The van der Waals surface area contributed by atoms with Crippen LogP contribution in [0, 0.1) is 17.0 Å². The van der Waals surface area contributed by atoms with E-state index in [1.165, 1.54) is 12.3 Å². The minimum Gasteiger partial charge on any atom is -0.259 e. The summed E-state index contributed by atoms with van der Waals surface area (Å²) in [7, 11) is -3.82. The fraction of sp³-hybridized carbons (Fsp3) is 0.0588. The van der Waals surface area contributed by atoms with Gasteiger partial charge in [0.05, 0.1) is 15.3 Å². The summed E-state index contributed by atoms with van der Waals surface area (Å²) in [5, 5.41) is 11.2. The summed E-state index contributed by atoms with van der Waals surface area (Å²) >= 11 is 3.34. The van der Waals surface area contributed by atoms with Crippen molar-refractivity contribution in [3.8, 4) is 0 Å². The van der Waals surface area contributed by atoms with Gasteiger partial charge in [0.2, 0.25) is 6.20 Å². The van der Waals surface area contributed by atoms with Crippen LogP contribution in [0.1, 0.15) is 11.1 Å². The second kappa shape index (κ2) is 6.45. The molecule has 0 spiro atoms. The van der Waals surface area contributed by atoms with E-state index in [-0.39, 0.29) is 4.90 Å². The Morgan fingerprint density at radius 1 is 1.16 bits per heavy atom. The van der Waals surface area contributed by atoms with E-state index in [4.69, 9.17) is 0 Å². The fourth-order valence-corrected chi connectivity index (χ4v) is 4.21. The summed E-state index contributed by atoms with van der Waals surface area (Å²) in [5.41, 5.74) is 1.85.